The molecule has 60 valence electrons. The van der Waals surface area contributed by atoms with E-state index in [-0.39, 0.29) is 0 Å². The minimum Gasteiger partial charge on any atom is -0.123 e. The lowest BCUT2D eigenvalue weighted by molar-refractivity contribution is 0.289. The van der Waals surface area contributed by atoms with Crippen molar-refractivity contribution >= 4 is 11.6 Å². The van der Waals surface area contributed by atoms with Crippen LogP contribution in [0.4, 0.5) is 0 Å². The minimum atomic E-state index is 0.504. The van der Waals surface area contributed by atoms with Gasteiger partial charge >= 0.3 is 0 Å². The first-order chi connectivity index (χ1) is 5.36. The first-order valence-corrected chi connectivity index (χ1v) is 5.10. The highest BCUT2D eigenvalue weighted by molar-refractivity contribution is 6.21. The smallest absolute Gasteiger partial charge is 0.0372 e. The lowest BCUT2D eigenvalue weighted by Crippen LogP contribution is -2.24. The van der Waals surface area contributed by atoms with Crippen molar-refractivity contribution in [3.05, 3.63) is 12.2 Å². The van der Waals surface area contributed by atoms with Crippen LogP contribution in [0.2, 0.25) is 0 Å². The van der Waals surface area contributed by atoms with E-state index < -0.39 is 0 Å². The highest BCUT2D eigenvalue weighted by atomic mass is 35.5. The molecule has 2 saturated carbocycles. The quantitative estimate of drug-likeness (QED) is 0.386. The third-order valence-corrected chi connectivity index (χ3v) is 4.43. The Bertz CT molecular complexity index is 209. The van der Waals surface area contributed by atoms with Gasteiger partial charge < -0.3 is 0 Å². The van der Waals surface area contributed by atoms with Crippen LogP contribution in [0.25, 0.3) is 0 Å². The molecule has 5 atom stereocenters. The molecule has 3 rings (SSSR count). The maximum atomic E-state index is 6.24. The lowest BCUT2D eigenvalue weighted by atomic mass is 9.81. The average Bonchev–Trinajstić information content (AvgIpc) is 2.52. The predicted octanol–water partition coefficient (Wildman–Crippen LogP) is 2.83. The van der Waals surface area contributed by atoms with E-state index in [0.717, 1.165) is 23.7 Å². The van der Waals surface area contributed by atoms with Crippen molar-refractivity contribution in [2.75, 3.05) is 0 Å². The molecule has 3 aliphatic rings. The third kappa shape index (κ3) is 0.717. The molecular weight excluding hydrogens is 156 g/mol. The second-order valence-corrected chi connectivity index (χ2v) is 4.88. The summed E-state index contributed by atoms with van der Waals surface area (Å²) in [6, 6.07) is 0. The Morgan fingerprint density at radius 1 is 1.18 bits per heavy atom. The van der Waals surface area contributed by atoms with Crippen LogP contribution in [-0.2, 0) is 0 Å². The molecule has 1 heteroatoms. The number of alkyl halides is 1. The van der Waals surface area contributed by atoms with Crippen LogP contribution in [0.1, 0.15) is 19.3 Å². The molecule has 0 radical (unpaired) electrons. The van der Waals surface area contributed by atoms with Crippen molar-refractivity contribution in [2.24, 2.45) is 23.7 Å². The molecule has 0 saturated heterocycles. The highest BCUT2D eigenvalue weighted by Gasteiger charge is 2.51. The molecule has 0 aromatic carbocycles. The number of hydrogen-bond acceptors (Lipinski definition) is 0. The molecule has 3 aliphatic carbocycles. The Hall–Kier alpha value is 0.0300. The Kier molecular flexibility index (Phi) is 1.21. The van der Waals surface area contributed by atoms with Gasteiger partial charge in [0.15, 0.2) is 0 Å². The molecule has 0 aromatic rings. The van der Waals surface area contributed by atoms with E-state index in [2.05, 4.69) is 12.2 Å². The summed E-state index contributed by atoms with van der Waals surface area (Å²) < 4.78 is 0. The van der Waals surface area contributed by atoms with Crippen molar-refractivity contribution in [1.29, 1.82) is 0 Å². The number of allylic oxidation sites excluding steroid dienone is 2. The molecular formula is C10H13Cl. The van der Waals surface area contributed by atoms with Crippen LogP contribution in [0.5, 0.6) is 0 Å². The molecule has 11 heavy (non-hydrogen) atoms. The highest BCUT2D eigenvalue weighted by Crippen LogP contribution is 2.57. The largest absolute Gasteiger partial charge is 0.123 e. The second kappa shape index (κ2) is 2.04. The van der Waals surface area contributed by atoms with E-state index in [1.54, 1.807) is 0 Å². The van der Waals surface area contributed by atoms with Gasteiger partial charge in [0.1, 0.15) is 0 Å². The molecule has 2 fully saturated rings. The summed E-state index contributed by atoms with van der Waals surface area (Å²) in [5.74, 6) is 3.68. The summed E-state index contributed by atoms with van der Waals surface area (Å²) in [7, 11) is 0. The van der Waals surface area contributed by atoms with Gasteiger partial charge in [0, 0.05) is 5.38 Å². The Morgan fingerprint density at radius 2 is 2.09 bits per heavy atom. The van der Waals surface area contributed by atoms with E-state index in [1.165, 1.54) is 19.3 Å². The van der Waals surface area contributed by atoms with Gasteiger partial charge in [-0.15, -0.1) is 11.6 Å². The van der Waals surface area contributed by atoms with Crippen molar-refractivity contribution in [3.63, 3.8) is 0 Å². The molecule has 0 aromatic heterocycles. The summed E-state index contributed by atoms with van der Waals surface area (Å²) in [6.45, 7) is 0. The fraction of sp³-hybridized carbons (Fsp3) is 0.800. The number of hydrogen-bond donors (Lipinski definition) is 0. The second-order valence-electron chi connectivity index (χ2n) is 4.32. The molecule has 0 spiro atoms. The van der Waals surface area contributed by atoms with E-state index in [4.69, 9.17) is 11.6 Å². The third-order valence-electron chi connectivity index (χ3n) is 3.93. The zero-order chi connectivity index (χ0) is 7.42. The summed E-state index contributed by atoms with van der Waals surface area (Å²) in [5, 5.41) is 0.504. The van der Waals surface area contributed by atoms with E-state index in [1.807, 2.05) is 0 Å². The lowest BCUT2D eigenvalue weighted by Gasteiger charge is -2.27. The van der Waals surface area contributed by atoms with Crippen molar-refractivity contribution < 1.29 is 0 Å². The van der Waals surface area contributed by atoms with E-state index >= 15 is 0 Å². The van der Waals surface area contributed by atoms with Crippen LogP contribution < -0.4 is 0 Å². The topological polar surface area (TPSA) is 0 Å². The SMILES string of the molecule is Cl[C@@H]1C[C@H]2C[C@H]1[C@@H]1C=CC[C@H]21. The first-order valence-electron chi connectivity index (χ1n) is 4.67. The van der Waals surface area contributed by atoms with Gasteiger partial charge in [0.05, 0.1) is 0 Å². The van der Waals surface area contributed by atoms with Gasteiger partial charge in [-0.05, 0) is 42.9 Å². The van der Waals surface area contributed by atoms with Crippen molar-refractivity contribution in [2.45, 2.75) is 24.6 Å². The summed E-state index contributed by atoms with van der Waals surface area (Å²) in [6.07, 6.45) is 8.85. The van der Waals surface area contributed by atoms with E-state index in [0.29, 0.717) is 5.38 Å². The molecule has 0 N–H and O–H groups in total. The molecule has 0 nitrogen and oxygen atoms in total. The summed E-state index contributed by atoms with van der Waals surface area (Å²) in [4.78, 5) is 0. The number of fused-ring (bicyclic) bond motifs is 5. The van der Waals surface area contributed by atoms with Crippen LogP contribution >= 0.6 is 11.6 Å². The van der Waals surface area contributed by atoms with E-state index in [9.17, 15) is 0 Å². The fourth-order valence-electron chi connectivity index (χ4n) is 3.46. The van der Waals surface area contributed by atoms with Crippen LogP contribution in [0, 0.1) is 23.7 Å². The van der Waals surface area contributed by atoms with Gasteiger partial charge in [-0.2, -0.15) is 0 Å². The van der Waals surface area contributed by atoms with Gasteiger partial charge in [0.2, 0.25) is 0 Å². The minimum absolute atomic E-state index is 0.504. The molecule has 2 bridgehead atoms. The predicted molar refractivity (Wildman–Crippen MR) is 46.6 cm³/mol. The first kappa shape index (κ1) is 6.54. The number of rotatable bonds is 0. The average molecular weight is 169 g/mol. The molecule has 0 amide bonds. The maximum Gasteiger partial charge on any atom is 0.0372 e. The standard InChI is InChI=1S/C10H13Cl/c11-10-5-6-4-9(10)8-3-1-2-7(6)8/h1,3,6-10H,2,4-5H2/t6-,7-,8-,9+,10-/m1/s1. The Morgan fingerprint density at radius 3 is 3.00 bits per heavy atom. The normalized spacial score (nSPS) is 58.8. The fourth-order valence-corrected chi connectivity index (χ4v) is 3.96. The van der Waals surface area contributed by atoms with Crippen LogP contribution in [-0.4, -0.2) is 5.38 Å². The zero-order valence-electron chi connectivity index (χ0n) is 6.54. The summed E-state index contributed by atoms with van der Waals surface area (Å²) >= 11 is 6.24. The monoisotopic (exact) mass is 168 g/mol. The molecule has 0 unspecified atom stereocenters. The van der Waals surface area contributed by atoms with Crippen LogP contribution in [0.15, 0.2) is 12.2 Å². The molecule has 0 aliphatic heterocycles. The zero-order valence-corrected chi connectivity index (χ0v) is 7.30. The van der Waals surface area contributed by atoms with Crippen molar-refractivity contribution in [1.82, 2.24) is 0 Å². The van der Waals surface area contributed by atoms with Gasteiger partial charge in [-0.1, -0.05) is 12.2 Å². The number of halogens is 1. The molecule has 0 heterocycles. The van der Waals surface area contributed by atoms with Crippen molar-refractivity contribution in [3.8, 4) is 0 Å². The van der Waals surface area contributed by atoms with Gasteiger partial charge in [-0.3, -0.25) is 0 Å². The van der Waals surface area contributed by atoms with Gasteiger partial charge in [-0.25, -0.2) is 0 Å². The Balaban J connectivity index is 1.94. The Labute approximate surface area is 72.6 Å². The van der Waals surface area contributed by atoms with Gasteiger partial charge in [0.25, 0.3) is 0 Å². The summed E-state index contributed by atoms with van der Waals surface area (Å²) in [5.41, 5.74) is 0. The maximum absolute atomic E-state index is 6.24. The van der Waals surface area contributed by atoms with Crippen LogP contribution in [0.3, 0.4) is 0 Å².